The molecule has 1 aliphatic heterocycles. The van der Waals surface area contributed by atoms with Crippen molar-refractivity contribution in [1.29, 1.82) is 0 Å². The first-order valence-corrected chi connectivity index (χ1v) is 6.98. The van der Waals surface area contributed by atoms with E-state index in [-0.39, 0.29) is 17.3 Å². The highest BCUT2D eigenvalue weighted by Gasteiger charge is 2.64. The largest absolute Gasteiger partial charge is 0.390 e. The van der Waals surface area contributed by atoms with Gasteiger partial charge in [0, 0.05) is 5.92 Å². The minimum Gasteiger partial charge on any atom is -0.390 e. The number of rotatable bonds is 1. The molecule has 2 N–H and O–H groups in total. The molecular formula is C15H24O3. The molecule has 4 bridgehead atoms. The molecule has 3 heteroatoms. The Labute approximate surface area is 109 Å². The van der Waals surface area contributed by atoms with Crippen molar-refractivity contribution in [2.45, 2.75) is 45.5 Å². The smallest absolute Gasteiger partial charge is 0.161 e. The molecule has 0 aromatic rings. The van der Waals surface area contributed by atoms with Crippen molar-refractivity contribution >= 4 is 0 Å². The fourth-order valence-corrected chi connectivity index (χ4v) is 4.84. The third-order valence-electron chi connectivity index (χ3n) is 5.93. The van der Waals surface area contributed by atoms with Crippen LogP contribution in [0.25, 0.3) is 0 Å². The van der Waals surface area contributed by atoms with Gasteiger partial charge in [0.1, 0.15) is 0 Å². The molecular weight excluding hydrogens is 228 g/mol. The Morgan fingerprint density at radius 3 is 2.72 bits per heavy atom. The second-order valence-electron chi connectivity index (χ2n) is 7.18. The summed E-state index contributed by atoms with van der Waals surface area (Å²) in [6, 6.07) is 0. The van der Waals surface area contributed by atoms with Gasteiger partial charge in [-0.1, -0.05) is 19.1 Å². The summed E-state index contributed by atoms with van der Waals surface area (Å²) in [5.74, 6) is 0.967. The summed E-state index contributed by atoms with van der Waals surface area (Å²) in [7, 11) is 0. The van der Waals surface area contributed by atoms with Crippen LogP contribution < -0.4 is 0 Å². The standard InChI is InChI=1S/C15H24O3/c1-8-11-12-9(14(2,3)17)5-6-15(8,4)10(12)7-18-13(11)16/h9-13,16-17H,1,5-7H2,2-4H3. The second-order valence-corrected chi connectivity index (χ2v) is 7.18. The van der Waals surface area contributed by atoms with E-state index < -0.39 is 11.9 Å². The van der Waals surface area contributed by atoms with E-state index in [9.17, 15) is 10.2 Å². The molecule has 3 aliphatic rings. The van der Waals surface area contributed by atoms with E-state index in [1.165, 1.54) is 0 Å². The Morgan fingerprint density at radius 1 is 1.44 bits per heavy atom. The maximum atomic E-state index is 10.4. The van der Waals surface area contributed by atoms with Gasteiger partial charge in [0.25, 0.3) is 0 Å². The van der Waals surface area contributed by atoms with E-state index in [0.29, 0.717) is 18.4 Å². The normalized spacial score (nSPS) is 51.6. The van der Waals surface area contributed by atoms with E-state index in [4.69, 9.17) is 4.74 Å². The van der Waals surface area contributed by atoms with Crippen LogP contribution in [0.1, 0.15) is 33.6 Å². The van der Waals surface area contributed by atoms with Crippen molar-refractivity contribution < 1.29 is 14.9 Å². The highest BCUT2D eigenvalue weighted by Crippen LogP contribution is 2.66. The third kappa shape index (κ3) is 1.41. The third-order valence-corrected chi connectivity index (χ3v) is 5.93. The Balaban J connectivity index is 2.05. The van der Waals surface area contributed by atoms with E-state index in [2.05, 4.69) is 13.5 Å². The molecule has 6 atom stereocenters. The topological polar surface area (TPSA) is 49.7 Å². The van der Waals surface area contributed by atoms with Gasteiger partial charge in [-0.15, -0.1) is 0 Å². The lowest BCUT2D eigenvalue weighted by molar-refractivity contribution is -0.204. The quantitative estimate of drug-likeness (QED) is 0.701. The molecule has 18 heavy (non-hydrogen) atoms. The highest BCUT2D eigenvalue weighted by molar-refractivity contribution is 5.29. The summed E-state index contributed by atoms with van der Waals surface area (Å²) in [5, 5.41) is 20.6. The van der Waals surface area contributed by atoms with E-state index in [0.717, 1.165) is 18.4 Å². The van der Waals surface area contributed by atoms with Crippen LogP contribution in [0, 0.1) is 29.1 Å². The van der Waals surface area contributed by atoms with Crippen molar-refractivity contribution in [2.24, 2.45) is 29.1 Å². The summed E-state index contributed by atoms with van der Waals surface area (Å²) in [6.45, 7) is 10.9. The minimum absolute atomic E-state index is 0.00711. The highest BCUT2D eigenvalue weighted by atomic mass is 16.6. The molecule has 1 saturated heterocycles. The van der Waals surface area contributed by atoms with Gasteiger partial charge < -0.3 is 14.9 Å². The van der Waals surface area contributed by atoms with E-state index in [1.54, 1.807) is 0 Å². The lowest BCUT2D eigenvalue weighted by Gasteiger charge is -2.49. The van der Waals surface area contributed by atoms with Crippen molar-refractivity contribution in [3.05, 3.63) is 12.2 Å². The molecule has 3 rings (SSSR count). The van der Waals surface area contributed by atoms with Gasteiger partial charge in [-0.05, 0) is 49.9 Å². The summed E-state index contributed by atoms with van der Waals surface area (Å²) in [6.07, 6.45) is 1.33. The summed E-state index contributed by atoms with van der Waals surface area (Å²) in [5.41, 5.74) is 0.549. The van der Waals surface area contributed by atoms with E-state index >= 15 is 0 Å². The van der Waals surface area contributed by atoms with Crippen LogP contribution in [0.15, 0.2) is 12.2 Å². The van der Waals surface area contributed by atoms with Crippen LogP contribution in [0.2, 0.25) is 0 Å². The minimum atomic E-state index is -0.733. The maximum Gasteiger partial charge on any atom is 0.161 e. The summed E-state index contributed by atoms with van der Waals surface area (Å²) >= 11 is 0. The fraction of sp³-hybridized carbons (Fsp3) is 0.867. The van der Waals surface area contributed by atoms with Gasteiger partial charge in [0.05, 0.1) is 12.2 Å². The fourth-order valence-electron chi connectivity index (χ4n) is 4.84. The molecule has 0 spiro atoms. The van der Waals surface area contributed by atoms with Crippen LogP contribution in [-0.4, -0.2) is 28.7 Å². The Hall–Kier alpha value is -0.380. The van der Waals surface area contributed by atoms with Crippen molar-refractivity contribution in [1.82, 2.24) is 0 Å². The van der Waals surface area contributed by atoms with Crippen LogP contribution >= 0.6 is 0 Å². The second kappa shape index (κ2) is 3.59. The van der Waals surface area contributed by atoms with Crippen molar-refractivity contribution in [3.63, 3.8) is 0 Å². The van der Waals surface area contributed by atoms with Crippen LogP contribution in [0.4, 0.5) is 0 Å². The Kier molecular flexibility index (Phi) is 2.52. The predicted octanol–water partition coefficient (Wildman–Crippen LogP) is 1.94. The Morgan fingerprint density at radius 2 is 2.11 bits per heavy atom. The number of hydrogen-bond acceptors (Lipinski definition) is 3. The van der Waals surface area contributed by atoms with Crippen molar-refractivity contribution in [3.8, 4) is 0 Å². The van der Waals surface area contributed by atoms with Gasteiger partial charge in [0.2, 0.25) is 0 Å². The molecule has 3 nitrogen and oxygen atoms in total. The maximum absolute atomic E-state index is 10.4. The molecule has 6 unspecified atom stereocenters. The molecule has 1 heterocycles. The molecule has 0 aromatic carbocycles. The van der Waals surface area contributed by atoms with Crippen LogP contribution in [-0.2, 0) is 4.74 Å². The first-order chi connectivity index (χ1) is 8.27. The number of aliphatic hydroxyl groups excluding tert-OH is 1. The van der Waals surface area contributed by atoms with Gasteiger partial charge >= 0.3 is 0 Å². The molecule has 3 fully saturated rings. The van der Waals surface area contributed by atoms with E-state index in [1.807, 2.05) is 13.8 Å². The number of ether oxygens (including phenoxy) is 1. The summed E-state index contributed by atoms with van der Waals surface area (Å²) < 4.78 is 5.51. The first kappa shape index (κ1) is 12.6. The molecule has 0 radical (unpaired) electrons. The zero-order chi connectivity index (χ0) is 13.3. The zero-order valence-corrected chi connectivity index (χ0v) is 11.5. The lowest BCUT2D eigenvalue weighted by Crippen LogP contribution is -2.50. The number of hydrogen-bond donors (Lipinski definition) is 2. The average Bonchev–Trinajstić information content (AvgIpc) is 2.34. The monoisotopic (exact) mass is 252 g/mol. The average molecular weight is 252 g/mol. The Bertz CT molecular complexity index is 384. The first-order valence-electron chi connectivity index (χ1n) is 6.98. The molecule has 2 saturated carbocycles. The number of aliphatic hydroxyl groups is 2. The van der Waals surface area contributed by atoms with Gasteiger partial charge in [-0.3, -0.25) is 0 Å². The van der Waals surface area contributed by atoms with Gasteiger partial charge in [-0.25, -0.2) is 0 Å². The molecule has 2 aliphatic carbocycles. The SMILES string of the molecule is C=C1C2C(O)OCC3C2C(C(C)(C)O)CCC13C. The zero-order valence-electron chi connectivity index (χ0n) is 11.5. The summed E-state index contributed by atoms with van der Waals surface area (Å²) in [4.78, 5) is 0. The van der Waals surface area contributed by atoms with Crippen LogP contribution in [0.5, 0.6) is 0 Å². The molecule has 0 amide bonds. The van der Waals surface area contributed by atoms with Crippen molar-refractivity contribution in [2.75, 3.05) is 6.61 Å². The van der Waals surface area contributed by atoms with Gasteiger partial charge in [0.15, 0.2) is 6.29 Å². The van der Waals surface area contributed by atoms with Crippen LogP contribution in [0.3, 0.4) is 0 Å². The predicted molar refractivity (Wildman–Crippen MR) is 68.7 cm³/mol. The molecule has 102 valence electrons. The lowest BCUT2D eigenvalue weighted by atomic mass is 9.60. The van der Waals surface area contributed by atoms with Gasteiger partial charge in [-0.2, -0.15) is 0 Å². The molecule has 0 aromatic heterocycles.